The van der Waals surface area contributed by atoms with E-state index in [1.54, 1.807) is 20.8 Å². The van der Waals surface area contributed by atoms with E-state index < -0.39 is 23.6 Å². The molecular weight excluding hydrogens is 240 g/mol. The summed E-state index contributed by atoms with van der Waals surface area (Å²) in [5.41, 5.74) is 7.45. The highest BCUT2D eigenvalue weighted by Gasteiger charge is 2.20. The van der Waals surface area contributed by atoms with E-state index in [-0.39, 0.29) is 19.5 Å². The van der Waals surface area contributed by atoms with E-state index in [2.05, 4.69) is 15.3 Å². The summed E-state index contributed by atoms with van der Waals surface area (Å²) in [5, 5.41) is 14.5. The third-order valence-electron chi connectivity index (χ3n) is 1.88. The molecule has 0 aromatic heterocycles. The van der Waals surface area contributed by atoms with Crippen LogP contribution >= 0.6 is 0 Å². The number of carbonyl (C=O) groups excluding carboxylic acids is 1. The van der Waals surface area contributed by atoms with Gasteiger partial charge in [0.05, 0.1) is 5.92 Å². The molecule has 0 spiro atoms. The van der Waals surface area contributed by atoms with Crippen LogP contribution in [0.1, 0.15) is 27.2 Å². The lowest BCUT2D eigenvalue weighted by atomic mass is 10.1. The van der Waals surface area contributed by atoms with E-state index in [9.17, 15) is 9.59 Å². The van der Waals surface area contributed by atoms with Crippen LogP contribution in [0.4, 0.5) is 4.79 Å². The standard InChI is InChI=1S/C10H18N4O4/c1-10(2,3)18-9(17)12-6-7(8(15)16)4-5-13-14-11/h7H,4-6H2,1-3H3,(H,12,17)(H,15,16)/t7-/m0/s1. The summed E-state index contributed by atoms with van der Waals surface area (Å²) in [5.74, 6) is -1.86. The monoisotopic (exact) mass is 258 g/mol. The number of aliphatic carboxylic acids is 1. The highest BCUT2D eigenvalue weighted by molar-refractivity contribution is 5.72. The number of hydrogen-bond donors (Lipinski definition) is 2. The number of ether oxygens (including phenoxy) is 1. The van der Waals surface area contributed by atoms with Gasteiger partial charge in [0.25, 0.3) is 0 Å². The first-order valence-corrected chi connectivity index (χ1v) is 5.47. The fraction of sp³-hybridized carbons (Fsp3) is 0.800. The number of alkyl carbamates (subject to hydrolysis) is 1. The zero-order chi connectivity index (χ0) is 14.2. The third-order valence-corrected chi connectivity index (χ3v) is 1.88. The summed E-state index contributed by atoms with van der Waals surface area (Å²) in [4.78, 5) is 24.7. The van der Waals surface area contributed by atoms with Gasteiger partial charge in [0.2, 0.25) is 0 Å². The Morgan fingerprint density at radius 2 is 2.11 bits per heavy atom. The summed E-state index contributed by atoms with van der Waals surface area (Å²) in [6, 6.07) is 0. The van der Waals surface area contributed by atoms with Gasteiger partial charge >= 0.3 is 12.1 Å². The van der Waals surface area contributed by atoms with Crippen molar-refractivity contribution < 1.29 is 19.4 Å². The van der Waals surface area contributed by atoms with E-state index >= 15 is 0 Å². The molecule has 0 fully saturated rings. The van der Waals surface area contributed by atoms with Gasteiger partial charge in [-0.1, -0.05) is 5.11 Å². The second-order valence-corrected chi connectivity index (χ2v) is 4.66. The van der Waals surface area contributed by atoms with Gasteiger partial charge in [0.1, 0.15) is 5.60 Å². The lowest BCUT2D eigenvalue weighted by Crippen LogP contribution is -2.37. The van der Waals surface area contributed by atoms with E-state index in [1.165, 1.54) is 0 Å². The highest BCUT2D eigenvalue weighted by Crippen LogP contribution is 2.07. The van der Waals surface area contributed by atoms with Gasteiger partial charge < -0.3 is 15.2 Å². The van der Waals surface area contributed by atoms with Gasteiger partial charge in [-0.3, -0.25) is 4.79 Å². The first-order valence-electron chi connectivity index (χ1n) is 5.47. The molecule has 8 heteroatoms. The molecule has 0 unspecified atom stereocenters. The minimum absolute atomic E-state index is 0.0643. The zero-order valence-corrected chi connectivity index (χ0v) is 10.7. The van der Waals surface area contributed by atoms with Gasteiger partial charge in [-0.25, -0.2) is 4.79 Å². The molecule has 0 aliphatic rings. The number of amides is 1. The minimum Gasteiger partial charge on any atom is -0.481 e. The molecule has 0 bridgehead atoms. The van der Waals surface area contributed by atoms with E-state index in [0.29, 0.717) is 0 Å². The van der Waals surface area contributed by atoms with Crippen LogP contribution in [0, 0.1) is 5.92 Å². The van der Waals surface area contributed by atoms with Crippen LogP contribution in [-0.4, -0.2) is 35.9 Å². The summed E-state index contributed by atoms with van der Waals surface area (Å²) >= 11 is 0. The molecule has 8 nitrogen and oxygen atoms in total. The first-order chi connectivity index (χ1) is 8.26. The number of carbonyl (C=O) groups is 2. The maximum Gasteiger partial charge on any atom is 0.407 e. The first kappa shape index (κ1) is 16.1. The highest BCUT2D eigenvalue weighted by atomic mass is 16.6. The molecule has 102 valence electrons. The molecule has 0 radical (unpaired) electrons. The van der Waals surface area contributed by atoms with Crippen LogP contribution in [-0.2, 0) is 9.53 Å². The molecule has 0 saturated carbocycles. The molecule has 0 saturated heterocycles. The average molecular weight is 258 g/mol. The Balaban J connectivity index is 4.15. The number of rotatable bonds is 6. The van der Waals surface area contributed by atoms with Crippen LogP contribution < -0.4 is 5.32 Å². The van der Waals surface area contributed by atoms with Crippen molar-refractivity contribution >= 4 is 12.1 Å². The Kier molecular flexibility index (Phi) is 6.59. The van der Waals surface area contributed by atoms with Crippen molar-refractivity contribution in [3.05, 3.63) is 10.4 Å². The number of azide groups is 1. The molecule has 0 rings (SSSR count). The normalized spacial score (nSPS) is 12.2. The molecule has 0 aliphatic heterocycles. The second kappa shape index (κ2) is 7.39. The van der Waals surface area contributed by atoms with Crippen LogP contribution in [0.5, 0.6) is 0 Å². The number of carboxylic acids is 1. The molecule has 1 atom stereocenters. The number of hydrogen-bond acceptors (Lipinski definition) is 4. The predicted molar refractivity (Wildman–Crippen MR) is 64.0 cm³/mol. The van der Waals surface area contributed by atoms with E-state index in [4.69, 9.17) is 15.4 Å². The smallest absolute Gasteiger partial charge is 0.407 e. The van der Waals surface area contributed by atoms with Crippen LogP contribution in [0.3, 0.4) is 0 Å². The third kappa shape index (κ3) is 8.23. The minimum atomic E-state index is -1.06. The maximum atomic E-state index is 11.3. The van der Waals surface area contributed by atoms with Gasteiger partial charge in [0, 0.05) is 18.0 Å². The molecule has 0 aromatic carbocycles. The van der Waals surface area contributed by atoms with Crippen LogP contribution in [0.25, 0.3) is 10.4 Å². The van der Waals surface area contributed by atoms with Crippen LogP contribution in [0.2, 0.25) is 0 Å². The van der Waals surface area contributed by atoms with Crippen molar-refractivity contribution in [2.45, 2.75) is 32.8 Å². The van der Waals surface area contributed by atoms with Crippen molar-refractivity contribution in [1.29, 1.82) is 0 Å². The van der Waals surface area contributed by atoms with Crippen molar-refractivity contribution in [1.82, 2.24) is 5.32 Å². The topological polar surface area (TPSA) is 124 Å². The van der Waals surface area contributed by atoms with E-state index in [1.807, 2.05) is 0 Å². The lowest BCUT2D eigenvalue weighted by Gasteiger charge is -2.20. The van der Waals surface area contributed by atoms with Gasteiger partial charge in [-0.05, 0) is 32.7 Å². The molecule has 0 heterocycles. The second-order valence-electron chi connectivity index (χ2n) is 4.66. The fourth-order valence-corrected chi connectivity index (χ4v) is 1.09. The maximum absolute atomic E-state index is 11.3. The Hall–Kier alpha value is -1.95. The summed E-state index contributed by atoms with van der Waals surface area (Å²) in [6.07, 6.45) is -0.507. The predicted octanol–water partition coefficient (Wildman–Crippen LogP) is 1.91. The molecule has 18 heavy (non-hydrogen) atoms. The molecule has 1 amide bonds. The molecule has 0 aliphatic carbocycles. The summed E-state index contributed by atoms with van der Waals surface area (Å²) in [7, 11) is 0. The SMILES string of the molecule is CC(C)(C)OC(=O)NC[C@H](CCN=[N+]=[N-])C(=O)O. The van der Waals surface area contributed by atoms with Crippen molar-refractivity contribution in [2.24, 2.45) is 11.0 Å². The molecule has 2 N–H and O–H groups in total. The summed E-state index contributed by atoms with van der Waals surface area (Å²) in [6.45, 7) is 5.14. The zero-order valence-electron chi connectivity index (χ0n) is 10.7. The van der Waals surface area contributed by atoms with Crippen molar-refractivity contribution in [3.63, 3.8) is 0 Å². The Morgan fingerprint density at radius 3 is 2.56 bits per heavy atom. The number of nitrogens with one attached hydrogen (secondary N) is 1. The van der Waals surface area contributed by atoms with Crippen molar-refractivity contribution in [2.75, 3.05) is 13.1 Å². The van der Waals surface area contributed by atoms with Gasteiger partial charge in [0.15, 0.2) is 0 Å². The average Bonchev–Trinajstić information content (AvgIpc) is 2.20. The van der Waals surface area contributed by atoms with Gasteiger partial charge in [-0.2, -0.15) is 0 Å². The van der Waals surface area contributed by atoms with Crippen molar-refractivity contribution in [3.8, 4) is 0 Å². The van der Waals surface area contributed by atoms with Gasteiger partial charge in [-0.15, -0.1) is 0 Å². The number of carboxylic acid groups (broad SMARTS) is 1. The molecule has 0 aromatic rings. The Morgan fingerprint density at radius 1 is 1.50 bits per heavy atom. The Labute approximate surface area is 105 Å². The van der Waals surface area contributed by atoms with Crippen LogP contribution in [0.15, 0.2) is 5.11 Å². The largest absolute Gasteiger partial charge is 0.481 e. The number of nitrogens with zero attached hydrogens (tertiary/aromatic N) is 3. The molecular formula is C10H18N4O4. The fourth-order valence-electron chi connectivity index (χ4n) is 1.09. The quantitative estimate of drug-likeness (QED) is 0.428. The van der Waals surface area contributed by atoms with E-state index in [0.717, 1.165) is 0 Å². The summed E-state index contributed by atoms with van der Waals surface area (Å²) < 4.78 is 4.97. The lowest BCUT2D eigenvalue weighted by molar-refractivity contribution is -0.141. The Bertz CT molecular complexity index is 344.